The third-order valence-corrected chi connectivity index (χ3v) is 4.19. The molecule has 1 rings (SSSR count). The molecule has 1 atom stereocenters. The predicted octanol–water partition coefficient (Wildman–Crippen LogP) is 2.94. The maximum atomic E-state index is 12.0. The molecule has 0 aliphatic carbocycles. The molecule has 0 aliphatic rings. The fourth-order valence-electron chi connectivity index (χ4n) is 1.43. The van der Waals surface area contributed by atoms with Gasteiger partial charge in [0.05, 0.1) is 5.02 Å². The predicted molar refractivity (Wildman–Crippen MR) is 72.4 cm³/mol. The first-order valence-corrected chi connectivity index (χ1v) is 6.67. The molecular weight excluding hydrogens is 274 g/mol. The standard InChI is InChI=1S/C12H16ClNO3S/c1-6-5-18-8(7(6)13)10(15)14-9(11(16)17)12(2,3)4/h5,9H,1-4H3,(H,14,15)(H,16,17). The first-order valence-electron chi connectivity index (χ1n) is 5.42. The van der Waals surface area contributed by atoms with Crippen molar-refractivity contribution in [2.75, 3.05) is 0 Å². The van der Waals surface area contributed by atoms with E-state index in [9.17, 15) is 9.59 Å². The van der Waals surface area contributed by atoms with Crippen LogP contribution in [0.3, 0.4) is 0 Å². The molecule has 18 heavy (non-hydrogen) atoms. The lowest BCUT2D eigenvalue weighted by atomic mass is 9.87. The number of hydrogen-bond donors (Lipinski definition) is 2. The number of aryl methyl sites for hydroxylation is 1. The Bertz CT molecular complexity index is 476. The van der Waals surface area contributed by atoms with Gasteiger partial charge in [-0.15, -0.1) is 11.3 Å². The highest BCUT2D eigenvalue weighted by molar-refractivity contribution is 7.13. The summed E-state index contributed by atoms with van der Waals surface area (Å²) in [6, 6.07) is -0.955. The first-order chi connectivity index (χ1) is 8.14. The number of carbonyl (C=O) groups is 2. The van der Waals surface area contributed by atoms with E-state index in [-0.39, 0.29) is 0 Å². The van der Waals surface area contributed by atoms with Crippen LogP contribution in [0, 0.1) is 12.3 Å². The van der Waals surface area contributed by atoms with Gasteiger partial charge in [0.25, 0.3) is 5.91 Å². The quantitative estimate of drug-likeness (QED) is 0.899. The van der Waals surface area contributed by atoms with E-state index in [1.807, 2.05) is 0 Å². The van der Waals surface area contributed by atoms with Crippen LogP contribution >= 0.6 is 22.9 Å². The Hall–Kier alpha value is -1.07. The van der Waals surface area contributed by atoms with Gasteiger partial charge in [-0.05, 0) is 23.3 Å². The molecule has 1 aromatic rings. The number of carboxylic acid groups (broad SMARTS) is 1. The number of hydrogen-bond acceptors (Lipinski definition) is 3. The Labute approximate surface area is 115 Å². The zero-order valence-corrected chi connectivity index (χ0v) is 12.3. The number of aliphatic carboxylic acids is 1. The molecule has 0 fully saturated rings. The van der Waals surface area contributed by atoms with Crippen LogP contribution in [-0.4, -0.2) is 23.0 Å². The van der Waals surface area contributed by atoms with Crippen LogP contribution < -0.4 is 5.32 Å². The number of nitrogens with one attached hydrogen (secondary N) is 1. The maximum Gasteiger partial charge on any atom is 0.326 e. The fourth-order valence-corrected chi connectivity index (χ4v) is 2.61. The van der Waals surface area contributed by atoms with Crippen molar-refractivity contribution in [1.82, 2.24) is 5.32 Å². The summed E-state index contributed by atoms with van der Waals surface area (Å²) in [5.74, 6) is -1.50. The average Bonchev–Trinajstić information content (AvgIpc) is 2.54. The van der Waals surface area contributed by atoms with Crippen LogP contribution in [-0.2, 0) is 4.79 Å². The van der Waals surface area contributed by atoms with Gasteiger partial charge in [0, 0.05) is 0 Å². The van der Waals surface area contributed by atoms with Crippen LogP contribution in [0.4, 0.5) is 0 Å². The molecule has 100 valence electrons. The van der Waals surface area contributed by atoms with Gasteiger partial charge in [-0.3, -0.25) is 4.79 Å². The maximum absolute atomic E-state index is 12.0. The Morgan fingerprint density at radius 1 is 1.44 bits per heavy atom. The highest BCUT2D eigenvalue weighted by atomic mass is 35.5. The van der Waals surface area contributed by atoms with Crippen molar-refractivity contribution in [3.05, 3.63) is 20.8 Å². The molecule has 4 nitrogen and oxygen atoms in total. The second kappa shape index (κ2) is 5.28. The third-order valence-electron chi connectivity index (χ3n) is 2.49. The van der Waals surface area contributed by atoms with Gasteiger partial charge in [-0.1, -0.05) is 32.4 Å². The van der Waals surface area contributed by atoms with Gasteiger partial charge in [0.1, 0.15) is 10.9 Å². The van der Waals surface area contributed by atoms with E-state index in [0.29, 0.717) is 9.90 Å². The molecule has 0 radical (unpaired) electrons. The lowest BCUT2D eigenvalue weighted by molar-refractivity contribution is -0.142. The average molecular weight is 290 g/mol. The number of carboxylic acids is 1. The van der Waals surface area contributed by atoms with E-state index in [0.717, 1.165) is 5.56 Å². The Morgan fingerprint density at radius 3 is 2.33 bits per heavy atom. The number of thiophene rings is 1. The second-order valence-electron chi connectivity index (χ2n) is 5.17. The van der Waals surface area contributed by atoms with Gasteiger partial charge >= 0.3 is 5.97 Å². The van der Waals surface area contributed by atoms with Crippen LogP contribution in [0.2, 0.25) is 5.02 Å². The highest BCUT2D eigenvalue weighted by Gasteiger charge is 2.33. The summed E-state index contributed by atoms with van der Waals surface area (Å²) in [6.45, 7) is 7.07. The first kappa shape index (κ1) is 15.0. The molecule has 0 bridgehead atoms. The monoisotopic (exact) mass is 289 g/mol. The van der Waals surface area contributed by atoms with Crippen molar-refractivity contribution in [2.24, 2.45) is 5.41 Å². The molecule has 6 heteroatoms. The van der Waals surface area contributed by atoms with E-state index in [1.54, 1.807) is 33.1 Å². The summed E-state index contributed by atoms with van der Waals surface area (Å²) in [4.78, 5) is 23.5. The van der Waals surface area contributed by atoms with Crippen LogP contribution in [0.1, 0.15) is 36.0 Å². The zero-order valence-electron chi connectivity index (χ0n) is 10.7. The minimum Gasteiger partial charge on any atom is -0.480 e. The van der Waals surface area contributed by atoms with Gasteiger partial charge in [-0.2, -0.15) is 0 Å². The topological polar surface area (TPSA) is 66.4 Å². The van der Waals surface area contributed by atoms with E-state index >= 15 is 0 Å². The van der Waals surface area contributed by atoms with Gasteiger partial charge in [0.15, 0.2) is 0 Å². The summed E-state index contributed by atoms with van der Waals surface area (Å²) in [7, 11) is 0. The van der Waals surface area contributed by atoms with Crippen molar-refractivity contribution < 1.29 is 14.7 Å². The van der Waals surface area contributed by atoms with Gasteiger partial charge in [-0.25, -0.2) is 4.79 Å². The number of halogens is 1. The zero-order chi connectivity index (χ0) is 14.1. The summed E-state index contributed by atoms with van der Waals surface area (Å²) in [5.41, 5.74) is 0.245. The largest absolute Gasteiger partial charge is 0.480 e. The van der Waals surface area contributed by atoms with Crippen molar-refractivity contribution in [1.29, 1.82) is 0 Å². The minimum atomic E-state index is -1.06. The Kier molecular flexibility index (Phi) is 4.40. The van der Waals surface area contributed by atoms with Crippen LogP contribution in [0.25, 0.3) is 0 Å². The lowest BCUT2D eigenvalue weighted by Gasteiger charge is -2.27. The number of carbonyl (C=O) groups excluding carboxylic acids is 1. The Balaban J connectivity index is 2.93. The highest BCUT2D eigenvalue weighted by Crippen LogP contribution is 2.28. The molecule has 0 aliphatic heterocycles. The van der Waals surface area contributed by atoms with Crippen LogP contribution in [0.5, 0.6) is 0 Å². The van der Waals surface area contributed by atoms with Crippen LogP contribution in [0.15, 0.2) is 5.38 Å². The second-order valence-corrected chi connectivity index (χ2v) is 6.43. The molecule has 1 aromatic heterocycles. The molecule has 0 aromatic carbocycles. The lowest BCUT2D eigenvalue weighted by Crippen LogP contribution is -2.48. The van der Waals surface area contributed by atoms with Crippen molar-refractivity contribution >= 4 is 34.8 Å². The van der Waals surface area contributed by atoms with E-state index in [1.165, 1.54) is 11.3 Å². The van der Waals surface area contributed by atoms with Crippen molar-refractivity contribution in [3.8, 4) is 0 Å². The smallest absolute Gasteiger partial charge is 0.326 e. The molecule has 1 heterocycles. The summed E-state index contributed by atoms with van der Waals surface area (Å²) < 4.78 is 0. The minimum absolute atomic E-state index is 0.352. The SMILES string of the molecule is Cc1csc(C(=O)NC(C(=O)O)C(C)(C)C)c1Cl. The van der Waals surface area contributed by atoms with Crippen molar-refractivity contribution in [2.45, 2.75) is 33.7 Å². The molecule has 1 amide bonds. The fraction of sp³-hybridized carbons (Fsp3) is 0.500. The third kappa shape index (κ3) is 3.23. The molecule has 0 spiro atoms. The molecule has 0 saturated heterocycles. The van der Waals surface area contributed by atoms with E-state index in [4.69, 9.17) is 16.7 Å². The summed E-state index contributed by atoms with van der Waals surface area (Å²) >= 11 is 7.19. The molecule has 2 N–H and O–H groups in total. The van der Waals surface area contributed by atoms with Gasteiger partial charge < -0.3 is 10.4 Å². The number of rotatable bonds is 3. The Morgan fingerprint density at radius 2 is 2.00 bits per heavy atom. The summed E-state index contributed by atoms with van der Waals surface area (Å²) in [6.07, 6.45) is 0. The molecular formula is C12H16ClNO3S. The summed E-state index contributed by atoms with van der Waals surface area (Å²) in [5, 5.41) is 13.8. The van der Waals surface area contributed by atoms with E-state index < -0.39 is 23.3 Å². The molecule has 1 unspecified atom stereocenters. The normalized spacial score (nSPS) is 13.2. The van der Waals surface area contributed by atoms with E-state index in [2.05, 4.69) is 5.32 Å². The number of amides is 1. The van der Waals surface area contributed by atoms with Gasteiger partial charge in [0.2, 0.25) is 0 Å². The molecule has 0 saturated carbocycles. The van der Waals surface area contributed by atoms with Crippen molar-refractivity contribution in [3.63, 3.8) is 0 Å².